The molecule has 8 nitrogen and oxygen atoms in total. The molecule has 8 heteroatoms. The Bertz CT molecular complexity index is 1000. The first-order valence-electron chi connectivity index (χ1n) is 9.63. The highest BCUT2D eigenvalue weighted by molar-refractivity contribution is 5.78. The van der Waals surface area contributed by atoms with Crippen LogP contribution >= 0.6 is 0 Å². The largest absolute Gasteiger partial charge is 0.508 e. The predicted octanol–water partition coefficient (Wildman–Crippen LogP) is 2.66. The van der Waals surface area contributed by atoms with Gasteiger partial charge in [0.05, 0.1) is 13.4 Å². The van der Waals surface area contributed by atoms with Gasteiger partial charge in [0.15, 0.2) is 11.5 Å². The zero-order valence-electron chi connectivity index (χ0n) is 16.6. The molecule has 0 bridgehead atoms. The normalized spacial score (nSPS) is 13.1. The van der Waals surface area contributed by atoms with Crippen molar-refractivity contribution in [2.75, 3.05) is 20.4 Å². The summed E-state index contributed by atoms with van der Waals surface area (Å²) in [6.07, 6.45) is 5.42. The molecule has 1 aliphatic heterocycles. The Morgan fingerprint density at radius 1 is 1.27 bits per heavy atom. The van der Waals surface area contributed by atoms with Crippen LogP contribution in [0.5, 0.6) is 23.0 Å². The first-order chi connectivity index (χ1) is 14.6. The highest BCUT2D eigenvalue weighted by Gasteiger charge is 2.25. The number of carbonyl (C=O) groups excluding carboxylic acids is 1. The highest BCUT2D eigenvalue weighted by Crippen LogP contribution is 2.43. The van der Waals surface area contributed by atoms with E-state index in [0.717, 1.165) is 11.3 Å². The van der Waals surface area contributed by atoms with Gasteiger partial charge in [0.2, 0.25) is 12.7 Å². The molecule has 1 aromatic heterocycles. The number of aromatic hydroxyl groups is 1. The van der Waals surface area contributed by atoms with E-state index in [9.17, 15) is 9.90 Å². The third-order valence-corrected chi connectivity index (χ3v) is 5.06. The molecule has 3 aromatic rings. The number of amides is 1. The van der Waals surface area contributed by atoms with Crippen molar-refractivity contribution >= 4 is 5.91 Å². The van der Waals surface area contributed by atoms with E-state index in [2.05, 4.69) is 10.3 Å². The molecule has 2 aromatic carbocycles. The smallest absolute Gasteiger partial charge is 0.231 e. The number of carbonyl (C=O) groups is 1. The molecule has 0 saturated heterocycles. The highest BCUT2D eigenvalue weighted by atomic mass is 16.7. The number of phenolic OH excluding ortho intramolecular Hbond substituents is 1. The second-order valence-electron chi connectivity index (χ2n) is 6.94. The van der Waals surface area contributed by atoms with Gasteiger partial charge in [-0.05, 0) is 23.8 Å². The fourth-order valence-corrected chi connectivity index (χ4v) is 3.47. The molecule has 30 heavy (non-hydrogen) atoms. The molecule has 4 rings (SSSR count). The van der Waals surface area contributed by atoms with E-state index in [1.165, 1.54) is 6.07 Å². The summed E-state index contributed by atoms with van der Waals surface area (Å²) >= 11 is 0. The first kappa shape index (κ1) is 19.6. The number of phenols is 1. The van der Waals surface area contributed by atoms with Crippen molar-refractivity contribution in [3.05, 3.63) is 66.2 Å². The molecule has 0 saturated carbocycles. The van der Waals surface area contributed by atoms with Gasteiger partial charge in [-0.2, -0.15) is 0 Å². The van der Waals surface area contributed by atoms with Gasteiger partial charge in [-0.3, -0.25) is 4.79 Å². The SMILES string of the molecule is COc1ccc(C(CC(=O)NCCn2ccnc2)c2cc3c(cc2O)OCO3)cc1. The Labute approximate surface area is 174 Å². The fourth-order valence-electron chi connectivity index (χ4n) is 3.47. The lowest BCUT2D eigenvalue weighted by Gasteiger charge is -2.20. The van der Waals surface area contributed by atoms with Gasteiger partial charge in [0.25, 0.3) is 0 Å². The van der Waals surface area contributed by atoms with Crippen LogP contribution in [0.15, 0.2) is 55.1 Å². The summed E-state index contributed by atoms with van der Waals surface area (Å²) in [6, 6.07) is 10.7. The molecule has 2 N–H and O–H groups in total. The molecule has 2 heterocycles. The van der Waals surface area contributed by atoms with Crippen molar-refractivity contribution in [1.82, 2.24) is 14.9 Å². The summed E-state index contributed by atoms with van der Waals surface area (Å²) in [7, 11) is 1.60. The summed E-state index contributed by atoms with van der Waals surface area (Å²) in [4.78, 5) is 16.7. The third-order valence-electron chi connectivity index (χ3n) is 5.06. The maximum Gasteiger partial charge on any atom is 0.231 e. The zero-order chi connectivity index (χ0) is 20.9. The van der Waals surface area contributed by atoms with Crippen LogP contribution in [0.25, 0.3) is 0 Å². The lowest BCUT2D eigenvalue weighted by molar-refractivity contribution is -0.121. The summed E-state index contributed by atoms with van der Waals surface area (Å²) in [5.41, 5.74) is 1.49. The number of nitrogens with zero attached hydrogens (tertiary/aromatic N) is 2. The lowest BCUT2D eigenvalue weighted by atomic mass is 9.87. The van der Waals surface area contributed by atoms with Crippen LogP contribution in [0.2, 0.25) is 0 Å². The van der Waals surface area contributed by atoms with Gasteiger partial charge in [-0.15, -0.1) is 0 Å². The monoisotopic (exact) mass is 409 g/mol. The number of hydrogen-bond acceptors (Lipinski definition) is 6. The predicted molar refractivity (Wildman–Crippen MR) is 109 cm³/mol. The van der Waals surface area contributed by atoms with E-state index in [1.807, 2.05) is 35.0 Å². The van der Waals surface area contributed by atoms with E-state index in [0.29, 0.717) is 30.2 Å². The maximum absolute atomic E-state index is 12.7. The summed E-state index contributed by atoms with van der Waals surface area (Å²) in [5, 5.41) is 13.6. The number of methoxy groups -OCH3 is 1. The molecule has 0 spiro atoms. The van der Waals surface area contributed by atoms with Gasteiger partial charge in [-0.25, -0.2) is 4.98 Å². The Morgan fingerprint density at radius 2 is 2.03 bits per heavy atom. The molecule has 0 aliphatic carbocycles. The van der Waals surface area contributed by atoms with Crippen LogP contribution in [-0.4, -0.2) is 41.0 Å². The third kappa shape index (κ3) is 4.32. The molecule has 156 valence electrons. The van der Waals surface area contributed by atoms with E-state index in [4.69, 9.17) is 14.2 Å². The molecule has 1 atom stereocenters. The van der Waals surface area contributed by atoms with Crippen LogP contribution in [-0.2, 0) is 11.3 Å². The summed E-state index contributed by atoms with van der Waals surface area (Å²) in [5.74, 6) is 1.35. The van der Waals surface area contributed by atoms with Gasteiger partial charge >= 0.3 is 0 Å². The topological polar surface area (TPSA) is 94.8 Å². The van der Waals surface area contributed by atoms with Crippen molar-refractivity contribution in [3.63, 3.8) is 0 Å². The zero-order valence-corrected chi connectivity index (χ0v) is 16.6. The van der Waals surface area contributed by atoms with Crippen LogP contribution in [0, 0.1) is 0 Å². The second-order valence-corrected chi connectivity index (χ2v) is 6.94. The van der Waals surface area contributed by atoms with Crippen molar-refractivity contribution < 1.29 is 24.1 Å². The van der Waals surface area contributed by atoms with E-state index < -0.39 is 0 Å². The van der Waals surface area contributed by atoms with Gasteiger partial charge in [0, 0.05) is 49.5 Å². The molecule has 1 aliphatic rings. The Hall–Kier alpha value is -3.68. The van der Waals surface area contributed by atoms with Crippen LogP contribution in [0.3, 0.4) is 0 Å². The standard InChI is InChI=1S/C22H23N3O5/c1-28-16-4-2-15(3-5-16)17(11-22(27)24-7-9-25-8-6-23-13-25)18-10-20-21(12-19(18)26)30-14-29-20/h2-6,8,10,12-13,17,26H,7,9,11,14H2,1H3,(H,24,27). The van der Waals surface area contributed by atoms with E-state index >= 15 is 0 Å². The number of nitrogens with one attached hydrogen (secondary N) is 1. The number of benzene rings is 2. The Kier molecular flexibility index (Phi) is 5.74. The minimum Gasteiger partial charge on any atom is -0.508 e. The van der Waals surface area contributed by atoms with Crippen molar-refractivity contribution in [2.45, 2.75) is 18.9 Å². The summed E-state index contributed by atoms with van der Waals surface area (Å²) in [6.45, 7) is 1.23. The first-order valence-corrected chi connectivity index (χ1v) is 9.63. The summed E-state index contributed by atoms with van der Waals surface area (Å²) < 4.78 is 17.9. The number of hydrogen-bond donors (Lipinski definition) is 2. The molecule has 1 unspecified atom stereocenters. The Balaban J connectivity index is 1.55. The molecule has 0 fully saturated rings. The number of rotatable bonds is 8. The quantitative estimate of drug-likeness (QED) is 0.594. The van der Waals surface area contributed by atoms with Crippen molar-refractivity contribution in [2.24, 2.45) is 0 Å². The van der Waals surface area contributed by atoms with Gasteiger partial charge < -0.3 is 29.2 Å². The molecule has 1 amide bonds. The molecular formula is C22H23N3O5. The number of aromatic nitrogens is 2. The van der Waals surface area contributed by atoms with Crippen molar-refractivity contribution in [1.29, 1.82) is 0 Å². The van der Waals surface area contributed by atoms with Crippen LogP contribution < -0.4 is 19.5 Å². The van der Waals surface area contributed by atoms with Gasteiger partial charge in [-0.1, -0.05) is 12.1 Å². The van der Waals surface area contributed by atoms with Crippen molar-refractivity contribution in [3.8, 4) is 23.0 Å². The average Bonchev–Trinajstić information content (AvgIpc) is 3.43. The Morgan fingerprint density at radius 3 is 2.73 bits per heavy atom. The number of imidazole rings is 1. The lowest BCUT2D eigenvalue weighted by Crippen LogP contribution is -2.28. The van der Waals surface area contributed by atoms with E-state index in [-0.39, 0.29) is 30.8 Å². The fraction of sp³-hybridized carbons (Fsp3) is 0.273. The maximum atomic E-state index is 12.7. The van der Waals surface area contributed by atoms with Crippen LogP contribution in [0.1, 0.15) is 23.5 Å². The molecular weight excluding hydrogens is 386 g/mol. The van der Waals surface area contributed by atoms with Crippen LogP contribution in [0.4, 0.5) is 0 Å². The minimum absolute atomic E-state index is 0.0614. The minimum atomic E-state index is -0.362. The average molecular weight is 409 g/mol. The van der Waals surface area contributed by atoms with Gasteiger partial charge in [0.1, 0.15) is 11.5 Å². The molecule has 0 radical (unpaired) electrons. The second kappa shape index (κ2) is 8.77. The number of ether oxygens (including phenoxy) is 3. The number of fused-ring (bicyclic) bond motifs is 1. The van der Waals surface area contributed by atoms with E-state index in [1.54, 1.807) is 25.7 Å².